The minimum absolute atomic E-state index is 0.0220. The zero-order chi connectivity index (χ0) is 14.8. The van der Waals surface area contributed by atoms with Crippen LogP contribution in [0.4, 0.5) is 13.2 Å². The number of aliphatic carboxylic acids is 2. The Kier molecular flexibility index (Phi) is 8.90. The molecular formula is C8H12F3N3O4. The first kappa shape index (κ1) is 18.1. The molecule has 0 aliphatic rings. The molecule has 0 heterocycles. The van der Waals surface area contributed by atoms with E-state index in [1.807, 2.05) is 0 Å². The molecule has 0 aromatic rings. The summed E-state index contributed by atoms with van der Waals surface area (Å²) in [6, 6.07) is 0. The van der Waals surface area contributed by atoms with Crippen LogP contribution in [-0.2, 0) is 9.59 Å². The van der Waals surface area contributed by atoms with E-state index in [9.17, 15) is 18.0 Å². The normalized spacial score (nSPS) is 10.4. The number of guanidine groups is 1. The molecule has 0 saturated carbocycles. The van der Waals surface area contributed by atoms with Crippen LogP contribution in [0.1, 0.15) is 6.42 Å². The Hall–Kier alpha value is -2.26. The van der Waals surface area contributed by atoms with E-state index in [1.165, 1.54) is 6.08 Å². The van der Waals surface area contributed by atoms with E-state index in [0.29, 0.717) is 13.0 Å². The summed E-state index contributed by atoms with van der Waals surface area (Å²) in [5.41, 5.74) is 10.0. The molecule has 0 aromatic carbocycles. The van der Waals surface area contributed by atoms with Crippen molar-refractivity contribution in [1.29, 1.82) is 0 Å². The zero-order valence-corrected chi connectivity index (χ0v) is 9.02. The topological polar surface area (TPSA) is 139 Å². The number of nitrogens with zero attached hydrogens (tertiary/aromatic N) is 1. The van der Waals surface area contributed by atoms with Crippen molar-refractivity contribution in [3.05, 3.63) is 12.2 Å². The summed E-state index contributed by atoms with van der Waals surface area (Å²) in [5.74, 6) is -3.70. The first-order valence-corrected chi connectivity index (χ1v) is 4.32. The molecule has 0 saturated heterocycles. The van der Waals surface area contributed by atoms with Crippen LogP contribution in [0.15, 0.2) is 17.1 Å². The van der Waals surface area contributed by atoms with Crippen molar-refractivity contribution in [2.75, 3.05) is 6.54 Å². The second kappa shape index (κ2) is 8.84. The smallest absolute Gasteiger partial charge is 0.478 e. The number of nitrogens with two attached hydrogens (primary N) is 2. The lowest BCUT2D eigenvalue weighted by molar-refractivity contribution is -0.192. The van der Waals surface area contributed by atoms with Gasteiger partial charge in [0.1, 0.15) is 0 Å². The highest BCUT2D eigenvalue weighted by atomic mass is 19.4. The highest BCUT2D eigenvalue weighted by Crippen LogP contribution is 2.13. The largest absolute Gasteiger partial charge is 0.490 e. The summed E-state index contributed by atoms with van der Waals surface area (Å²) in [6.45, 7) is 0.423. The van der Waals surface area contributed by atoms with Gasteiger partial charge in [-0.1, -0.05) is 6.08 Å². The third-order valence-electron chi connectivity index (χ3n) is 1.09. The molecule has 0 unspecified atom stereocenters. The van der Waals surface area contributed by atoms with Crippen LogP contribution in [0, 0.1) is 0 Å². The second-order valence-electron chi connectivity index (χ2n) is 2.64. The summed E-state index contributed by atoms with van der Waals surface area (Å²) >= 11 is 0. The fourth-order valence-electron chi connectivity index (χ4n) is 0.452. The number of aliphatic imine (C=N–C) groups is 1. The van der Waals surface area contributed by atoms with Gasteiger partial charge in [0.15, 0.2) is 5.96 Å². The predicted molar refractivity (Wildman–Crippen MR) is 55.8 cm³/mol. The molecule has 6 N–H and O–H groups in total. The first-order chi connectivity index (χ1) is 8.07. The Labute approximate surface area is 99.6 Å². The van der Waals surface area contributed by atoms with Crippen molar-refractivity contribution in [3.8, 4) is 0 Å². The van der Waals surface area contributed by atoms with Crippen molar-refractivity contribution in [3.63, 3.8) is 0 Å². The van der Waals surface area contributed by atoms with Crippen LogP contribution >= 0.6 is 0 Å². The molecule has 0 radical (unpaired) electrons. The lowest BCUT2D eigenvalue weighted by Gasteiger charge is -1.93. The Morgan fingerprint density at radius 2 is 1.67 bits per heavy atom. The van der Waals surface area contributed by atoms with Gasteiger partial charge < -0.3 is 21.7 Å². The maximum atomic E-state index is 10.6. The molecule has 0 amide bonds. The summed E-state index contributed by atoms with van der Waals surface area (Å²) in [5, 5.41) is 15.3. The van der Waals surface area contributed by atoms with Gasteiger partial charge in [-0.15, -0.1) is 0 Å². The Morgan fingerprint density at radius 3 is 1.94 bits per heavy atom. The molecule has 0 aliphatic carbocycles. The van der Waals surface area contributed by atoms with Gasteiger partial charge in [-0.3, -0.25) is 4.99 Å². The third-order valence-corrected chi connectivity index (χ3v) is 1.09. The number of carboxylic acids is 2. The summed E-state index contributed by atoms with van der Waals surface area (Å²) in [4.78, 5) is 22.5. The molecular weight excluding hydrogens is 259 g/mol. The van der Waals surface area contributed by atoms with Gasteiger partial charge >= 0.3 is 18.1 Å². The van der Waals surface area contributed by atoms with E-state index in [2.05, 4.69) is 4.99 Å². The van der Waals surface area contributed by atoms with Crippen LogP contribution in [0.3, 0.4) is 0 Å². The molecule has 18 heavy (non-hydrogen) atoms. The quantitative estimate of drug-likeness (QED) is 0.244. The van der Waals surface area contributed by atoms with Crippen molar-refractivity contribution >= 4 is 17.9 Å². The average Bonchev–Trinajstić information content (AvgIpc) is 2.15. The van der Waals surface area contributed by atoms with Crippen LogP contribution in [0.5, 0.6) is 0 Å². The van der Waals surface area contributed by atoms with E-state index < -0.39 is 18.1 Å². The Bertz CT molecular complexity index is 335. The molecule has 10 heteroatoms. The lowest BCUT2D eigenvalue weighted by atomic mass is 10.4. The molecule has 0 aromatic heterocycles. The molecule has 0 bridgehead atoms. The number of halogens is 3. The summed E-state index contributed by atoms with van der Waals surface area (Å²) in [7, 11) is 0. The number of hydrogen-bond acceptors (Lipinski definition) is 3. The van der Waals surface area contributed by atoms with Crippen molar-refractivity contribution < 1.29 is 33.0 Å². The number of hydrogen-bond donors (Lipinski definition) is 4. The van der Waals surface area contributed by atoms with E-state index in [-0.39, 0.29) is 5.96 Å². The van der Waals surface area contributed by atoms with Gasteiger partial charge in [0.2, 0.25) is 0 Å². The van der Waals surface area contributed by atoms with Gasteiger partial charge in [0, 0.05) is 12.6 Å². The van der Waals surface area contributed by atoms with Gasteiger partial charge in [-0.05, 0) is 6.42 Å². The standard InChI is InChI=1S/C6H11N3O2.C2HF3O2/c7-6(8)9-4-2-1-3-5(10)11;3-2(4,5)1(6)7/h1,3H,2,4H2,(H,10,11)(H4,7,8,9);(H,6,7)/b3-1+;. The van der Waals surface area contributed by atoms with Crippen molar-refractivity contribution in [1.82, 2.24) is 0 Å². The fourth-order valence-corrected chi connectivity index (χ4v) is 0.452. The molecule has 0 atom stereocenters. The summed E-state index contributed by atoms with van der Waals surface area (Å²) < 4.78 is 31.7. The SMILES string of the molecule is NC(N)=NCC/C=C/C(=O)O.O=C(O)C(F)(F)F. The van der Waals surface area contributed by atoms with Gasteiger partial charge in [0.05, 0.1) is 0 Å². The minimum Gasteiger partial charge on any atom is -0.478 e. The Morgan fingerprint density at radius 1 is 1.22 bits per heavy atom. The van der Waals surface area contributed by atoms with Gasteiger partial charge in [-0.2, -0.15) is 13.2 Å². The minimum atomic E-state index is -5.08. The van der Waals surface area contributed by atoms with Crippen molar-refractivity contribution in [2.45, 2.75) is 12.6 Å². The predicted octanol–water partition coefficient (Wildman–Crippen LogP) is -0.0760. The summed E-state index contributed by atoms with van der Waals surface area (Å²) in [6.07, 6.45) is -2.00. The maximum absolute atomic E-state index is 10.6. The average molecular weight is 271 g/mol. The van der Waals surface area contributed by atoms with Crippen LogP contribution in [0.25, 0.3) is 0 Å². The zero-order valence-electron chi connectivity index (χ0n) is 9.02. The number of carboxylic acid groups (broad SMARTS) is 2. The molecule has 0 rings (SSSR count). The first-order valence-electron chi connectivity index (χ1n) is 4.32. The van der Waals surface area contributed by atoms with Crippen LogP contribution in [0.2, 0.25) is 0 Å². The van der Waals surface area contributed by atoms with Crippen LogP contribution in [-0.4, -0.2) is 40.8 Å². The maximum Gasteiger partial charge on any atom is 0.490 e. The highest BCUT2D eigenvalue weighted by Gasteiger charge is 2.38. The molecule has 0 aliphatic heterocycles. The van der Waals surface area contributed by atoms with Gasteiger partial charge in [-0.25, -0.2) is 9.59 Å². The molecule has 104 valence electrons. The van der Waals surface area contributed by atoms with Crippen LogP contribution < -0.4 is 11.5 Å². The third kappa shape index (κ3) is 16.2. The molecule has 0 spiro atoms. The fraction of sp³-hybridized carbons (Fsp3) is 0.375. The number of alkyl halides is 3. The highest BCUT2D eigenvalue weighted by molar-refractivity contribution is 5.79. The number of carbonyl (C=O) groups is 2. The van der Waals surface area contributed by atoms with E-state index in [0.717, 1.165) is 6.08 Å². The number of rotatable bonds is 4. The van der Waals surface area contributed by atoms with Gasteiger partial charge in [0.25, 0.3) is 0 Å². The van der Waals surface area contributed by atoms with E-state index >= 15 is 0 Å². The Balaban J connectivity index is 0. The van der Waals surface area contributed by atoms with E-state index in [1.54, 1.807) is 0 Å². The van der Waals surface area contributed by atoms with Crippen molar-refractivity contribution in [2.24, 2.45) is 16.5 Å². The lowest BCUT2D eigenvalue weighted by Crippen LogP contribution is -2.22. The molecule has 0 fully saturated rings. The monoisotopic (exact) mass is 271 g/mol. The van der Waals surface area contributed by atoms with E-state index in [4.69, 9.17) is 26.5 Å². The second-order valence-corrected chi connectivity index (χ2v) is 2.64. The molecule has 7 nitrogen and oxygen atoms in total.